The van der Waals surface area contributed by atoms with Gasteiger partial charge in [-0.1, -0.05) is 19.3 Å². The van der Waals surface area contributed by atoms with E-state index in [4.69, 9.17) is 0 Å². The van der Waals surface area contributed by atoms with Gasteiger partial charge in [0, 0.05) is 6.04 Å². The van der Waals surface area contributed by atoms with Gasteiger partial charge in [-0.2, -0.15) is 0 Å². The lowest BCUT2D eigenvalue weighted by molar-refractivity contribution is -0.142. The van der Waals surface area contributed by atoms with Crippen molar-refractivity contribution in [2.45, 2.75) is 50.6 Å². The summed E-state index contributed by atoms with van der Waals surface area (Å²) >= 11 is 0. The lowest BCUT2D eigenvalue weighted by Gasteiger charge is -2.29. The Hall–Kier alpha value is -0.900. The number of amides is 2. The van der Waals surface area contributed by atoms with Crippen molar-refractivity contribution >= 4 is 11.8 Å². The number of nitrogens with zero attached hydrogens (tertiary/aromatic N) is 1. The molecule has 0 aromatic heterocycles. The van der Waals surface area contributed by atoms with Crippen LogP contribution in [0, 0.1) is 0 Å². The predicted octanol–water partition coefficient (Wildman–Crippen LogP) is 0.666. The van der Waals surface area contributed by atoms with Crippen LogP contribution in [0.1, 0.15) is 38.5 Å². The van der Waals surface area contributed by atoms with E-state index in [1.54, 1.807) is 7.05 Å². The number of imide groups is 1. The third-order valence-electron chi connectivity index (χ3n) is 3.47. The third-order valence-corrected chi connectivity index (χ3v) is 3.47. The smallest absolute Gasteiger partial charge is 0.247 e. The topological polar surface area (TPSA) is 49.4 Å². The second-order valence-electron chi connectivity index (χ2n) is 4.44. The Bertz CT molecular complexity index is 272. The first-order valence-corrected chi connectivity index (χ1v) is 5.77. The van der Waals surface area contributed by atoms with E-state index in [-0.39, 0.29) is 23.9 Å². The molecule has 1 aliphatic heterocycles. The van der Waals surface area contributed by atoms with Crippen LogP contribution in [0.5, 0.6) is 0 Å². The maximum absolute atomic E-state index is 11.9. The van der Waals surface area contributed by atoms with Gasteiger partial charge in [0.25, 0.3) is 0 Å². The number of hydrogen-bond acceptors (Lipinski definition) is 3. The van der Waals surface area contributed by atoms with Crippen LogP contribution in [-0.2, 0) is 9.59 Å². The van der Waals surface area contributed by atoms with Crippen molar-refractivity contribution in [1.82, 2.24) is 10.2 Å². The molecule has 4 nitrogen and oxygen atoms in total. The normalized spacial score (nSPS) is 28.9. The molecule has 0 aromatic carbocycles. The second-order valence-corrected chi connectivity index (χ2v) is 4.44. The van der Waals surface area contributed by atoms with Crippen molar-refractivity contribution in [2.75, 3.05) is 7.05 Å². The highest BCUT2D eigenvalue weighted by Crippen LogP contribution is 2.26. The van der Waals surface area contributed by atoms with Crippen molar-refractivity contribution in [3.8, 4) is 0 Å². The molecular weight excluding hydrogens is 192 g/mol. The molecule has 1 atom stereocenters. The highest BCUT2D eigenvalue weighted by Gasteiger charge is 2.41. The van der Waals surface area contributed by atoms with Crippen LogP contribution in [-0.4, -0.2) is 35.8 Å². The molecule has 2 amide bonds. The van der Waals surface area contributed by atoms with Crippen LogP contribution in [0.4, 0.5) is 0 Å². The Labute approximate surface area is 90.0 Å². The summed E-state index contributed by atoms with van der Waals surface area (Å²) in [4.78, 5) is 25.1. The maximum Gasteiger partial charge on any atom is 0.247 e. The van der Waals surface area contributed by atoms with E-state index in [2.05, 4.69) is 5.32 Å². The van der Waals surface area contributed by atoms with E-state index in [1.165, 1.54) is 11.3 Å². The molecule has 2 fully saturated rings. The van der Waals surface area contributed by atoms with Gasteiger partial charge in [0.2, 0.25) is 11.8 Å². The van der Waals surface area contributed by atoms with Gasteiger partial charge in [0.15, 0.2) is 0 Å². The molecule has 0 bridgehead atoms. The number of carbonyl (C=O) groups is 2. The third kappa shape index (κ3) is 1.91. The molecule has 4 heteroatoms. The van der Waals surface area contributed by atoms with Crippen molar-refractivity contribution in [1.29, 1.82) is 0 Å². The van der Waals surface area contributed by atoms with Crippen LogP contribution in [0.15, 0.2) is 0 Å². The predicted molar refractivity (Wildman–Crippen MR) is 56.2 cm³/mol. The Balaban J connectivity index is 2.07. The Morgan fingerprint density at radius 3 is 2.40 bits per heavy atom. The minimum atomic E-state index is -0.278. The summed E-state index contributed by atoms with van der Waals surface area (Å²) in [6.45, 7) is 0. The number of hydrogen-bond donors (Lipinski definition) is 1. The van der Waals surface area contributed by atoms with Gasteiger partial charge in [-0.25, -0.2) is 0 Å². The summed E-state index contributed by atoms with van der Waals surface area (Å²) in [5.74, 6) is -0.0133. The SMILES string of the molecule is CN[C@H]1CC(=O)N(C2CCCCC2)C1=O. The number of nitrogens with one attached hydrogen (secondary N) is 1. The van der Waals surface area contributed by atoms with E-state index < -0.39 is 0 Å². The summed E-state index contributed by atoms with van der Waals surface area (Å²) in [6.07, 6.45) is 5.85. The summed E-state index contributed by atoms with van der Waals surface area (Å²) in [5.41, 5.74) is 0. The first-order valence-electron chi connectivity index (χ1n) is 5.77. The molecule has 1 saturated carbocycles. The van der Waals surface area contributed by atoms with Gasteiger partial charge in [-0.05, 0) is 19.9 Å². The fourth-order valence-corrected chi connectivity index (χ4v) is 2.60. The summed E-state index contributed by atoms with van der Waals surface area (Å²) < 4.78 is 0. The fraction of sp³-hybridized carbons (Fsp3) is 0.818. The van der Waals surface area contributed by atoms with Gasteiger partial charge in [0.05, 0.1) is 12.5 Å². The fourth-order valence-electron chi connectivity index (χ4n) is 2.60. The second kappa shape index (κ2) is 4.31. The highest BCUT2D eigenvalue weighted by molar-refractivity contribution is 6.05. The van der Waals surface area contributed by atoms with Crippen molar-refractivity contribution in [3.63, 3.8) is 0 Å². The van der Waals surface area contributed by atoms with E-state index >= 15 is 0 Å². The quantitative estimate of drug-likeness (QED) is 0.681. The van der Waals surface area contributed by atoms with Crippen LogP contribution in [0.25, 0.3) is 0 Å². The Kier molecular flexibility index (Phi) is 3.05. The lowest BCUT2D eigenvalue weighted by atomic mass is 9.94. The Morgan fingerprint density at radius 2 is 1.87 bits per heavy atom. The average molecular weight is 210 g/mol. The van der Waals surface area contributed by atoms with Gasteiger partial charge in [0.1, 0.15) is 0 Å². The highest BCUT2D eigenvalue weighted by atomic mass is 16.2. The molecular formula is C11H18N2O2. The maximum atomic E-state index is 11.9. The zero-order chi connectivity index (χ0) is 10.8. The van der Waals surface area contributed by atoms with Crippen molar-refractivity contribution < 1.29 is 9.59 Å². The molecule has 1 aliphatic carbocycles. The van der Waals surface area contributed by atoms with Crippen molar-refractivity contribution in [2.24, 2.45) is 0 Å². The van der Waals surface area contributed by atoms with Crippen LogP contribution in [0.3, 0.4) is 0 Å². The molecule has 1 heterocycles. The molecule has 2 rings (SSSR count). The average Bonchev–Trinajstić information content (AvgIpc) is 2.55. The number of rotatable bonds is 2. The number of carbonyl (C=O) groups excluding carboxylic acids is 2. The van der Waals surface area contributed by atoms with Gasteiger partial charge < -0.3 is 5.32 Å². The molecule has 1 N–H and O–H groups in total. The minimum Gasteiger partial charge on any atom is -0.308 e. The van der Waals surface area contributed by atoms with E-state index in [0.717, 1.165) is 25.7 Å². The molecule has 15 heavy (non-hydrogen) atoms. The molecule has 0 radical (unpaired) electrons. The van der Waals surface area contributed by atoms with Gasteiger partial charge in [-0.15, -0.1) is 0 Å². The van der Waals surface area contributed by atoms with E-state index in [0.29, 0.717) is 6.42 Å². The largest absolute Gasteiger partial charge is 0.308 e. The van der Waals surface area contributed by atoms with Crippen molar-refractivity contribution in [3.05, 3.63) is 0 Å². The molecule has 0 unspecified atom stereocenters. The minimum absolute atomic E-state index is 0.00579. The van der Waals surface area contributed by atoms with Crippen LogP contribution in [0.2, 0.25) is 0 Å². The zero-order valence-corrected chi connectivity index (χ0v) is 9.16. The number of likely N-dealkylation sites (tertiary alicyclic amines) is 1. The first kappa shape index (κ1) is 10.6. The van der Waals surface area contributed by atoms with Gasteiger partial charge in [-0.3, -0.25) is 14.5 Å². The van der Waals surface area contributed by atoms with Crippen LogP contribution < -0.4 is 5.32 Å². The molecule has 84 valence electrons. The Morgan fingerprint density at radius 1 is 1.20 bits per heavy atom. The molecule has 1 saturated heterocycles. The summed E-state index contributed by atoms with van der Waals surface area (Å²) in [7, 11) is 1.74. The number of likely N-dealkylation sites (N-methyl/N-ethyl adjacent to an activating group) is 1. The van der Waals surface area contributed by atoms with E-state index in [9.17, 15) is 9.59 Å². The standard InChI is InChI=1S/C11H18N2O2/c1-12-9-7-10(14)13(11(9)15)8-5-3-2-4-6-8/h8-9,12H,2-7H2,1H3/t9-/m0/s1. The lowest BCUT2D eigenvalue weighted by Crippen LogP contribution is -2.44. The monoisotopic (exact) mass is 210 g/mol. The van der Waals surface area contributed by atoms with Crippen LogP contribution >= 0.6 is 0 Å². The molecule has 0 spiro atoms. The molecule has 2 aliphatic rings. The zero-order valence-electron chi connectivity index (χ0n) is 9.16. The van der Waals surface area contributed by atoms with E-state index in [1.807, 2.05) is 0 Å². The summed E-state index contributed by atoms with van der Waals surface area (Å²) in [6, 6.07) is -0.100. The first-order chi connectivity index (χ1) is 7.24. The van der Waals surface area contributed by atoms with Gasteiger partial charge >= 0.3 is 0 Å². The summed E-state index contributed by atoms with van der Waals surface area (Å²) in [5, 5.41) is 2.90. The molecule has 0 aromatic rings.